The lowest BCUT2D eigenvalue weighted by molar-refractivity contribution is -0.121. The fourth-order valence-electron chi connectivity index (χ4n) is 3.14. The first-order chi connectivity index (χ1) is 15.3. The largest absolute Gasteiger partial charge is 0.508 e. The van der Waals surface area contributed by atoms with E-state index in [2.05, 4.69) is 4.98 Å². The van der Waals surface area contributed by atoms with Crippen LogP contribution in [-0.4, -0.2) is 39.7 Å². The van der Waals surface area contributed by atoms with Gasteiger partial charge in [-0.05, 0) is 37.1 Å². The van der Waals surface area contributed by atoms with Gasteiger partial charge in [-0.15, -0.1) is 0 Å². The Kier molecular flexibility index (Phi) is 9.06. The standard InChI is InChI=1S/C22H30N4O6/c1-3-5-7-13-25(17(28)14-32-21(30)15-8-10-16(27)11-9-15)18-19(23)26(12-6-4-2)22(31)24-20(18)29/h8-11,27H,3-7,12-14,23H2,1-2H3,(H,24,29,31). The van der Waals surface area contributed by atoms with Gasteiger partial charge in [-0.1, -0.05) is 33.1 Å². The number of aromatic amines is 1. The van der Waals surface area contributed by atoms with Crippen molar-refractivity contribution >= 4 is 23.4 Å². The van der Waals surface area contributed by atoms with Crippen molar-refractivity contribution in [2.45, 2.75) is 52.5 Å². The summed E-state index contributed by atoms with van der Waals surface area (Å²) >= 11 is 0. The second-order valence-corrected chi connectivity index (χ2v) is 7.37. The van der Waals surface area contributed by atoms with Crippen LogP contribution in [-0.2, 0) is 16.1 Å². The average molecular weight is 447 g/mol. The Morgan fingerprint density at radius 1 is 1.09 bits per heavy atom. The van der Waals surface area contributed by atoms with Gasteiger partial charge in [-0.2, -0.15) is 0 Å². The zero-order valence-electron chi connectivity index (χ0n) is 18.4. The van der Waals surface area contributed by atoms with E-state index < -0.39 is 29.7 Å². The predicted octanol–water partition coefficient (Wildman–Crippen LogP) is 2.00. The number of unbranched alkanes of at least 4 members (excludes halogenated alkanes) is 3. The second kappa shape index (κ2) is 11.7. The van der Waals surface area contributed by atoms with Crippen molar-refractivity contribution in [2.24, 2.45) is 0 Å². The second-order valence-electron chi connectivity index (χ2n) is 7.37. The molecule has 10 nitrogen and oxygen atoms in total. The van der Waals surface area contributed by atoms with Crippen molar-refractivity contribution in [1.29, 1.82) is 0 Å². The van der Waals surface area contributed by atoms with E-state index in [1.165, 1.54) is 33.7 Å². The number of benzene rings is 1. The quantitative estimate of drug-likeness (QED) is 0.353. The molecule has 4 N–H and O–H groups in total. The van der Waals surface area contributed by atoms with Crippen LogP contribution >= 0.6 is 0 Å². The molecule has 0 atom stereocenters. The molecule has 1 aromatic heterocycles. The summed E-state index contributed by atoms with van der Waals surface area (Å²) in [6, 6.07) is 5.39. The normalized spacial score (nSPS) is 10.7. The highest BCUT2D eigenvalue weighted by atomic mass is 16.5. The zero-order valence-corrected chi connectivity index (χ0v) is 18.4. The number of phenols is 1. The average Bonchev–Trinajstić information content (AvgIpc) is 2.76. The molecule has 0 saturated heterocycles. The number of anilines is 2. The molecule has 174 valence electrons. The number of amides is 1. The van der Waals surface area contributed by atoms with E-state index in [4.69, 9.17) is 10.5 Å². The smallest absolute Gasteiger partial charge is 0.338 e. The Morgan fingerprint density at radius 3 is 2.38 bits per heavy atom. The zero-order chi connectivity index (χ0) is 23.7. The number of hydrogen-bond acceptors (Lipinski definition) is 7. The molecule has 0 unspecified atom stereocenters. The van der Waals surface area contributed by atoms with Crippen LogP contribution < -0.4 is 21.9 Å². The van der Waals surface area contributed by atoms with Crippen LogP contribution in [0.25, 0.3) is 0 Å². The van der Waals surface area contributed by atoms with Crippen LogP contribution in [0.15, 0.2) is 33.9 Å². The Labute approximate surface area is 185 Å². The number of aromatic nitrogens is 2. The lowest BCUT2D eigenvalue weighted by atomic mass is 10.2. The molecule has 0 spiro atoms. The molecular weight excluding hydrogens is 416 g/mol. The van der Waals surface area contributed by atoms with Crippen LogP contribution in [0.1, 0.15) is 56.3 Å². The topological polar surface area (TPSA) is 148 Å². The van der Waals surface area contributed by atoms with Gasteiger partial charge >= 0.3 is 11.7 Å². The molecule has 0 saturated carbocycles. The molecule has 2 rings (SSSR count). The Hall–Kier alpha value is -3.56. The van der Waals surface area contributed by atoms with Gasteiger partial charge in [0.15, 0.2) is 12.3 Å². The molecule has 1 amide bonds. The molecule has 1 heterocycles. The van der Waals surface area contributed by atoms with E-state index in [9.17, 15) is 24.3 Å². The summed E-state index contributed by atoms with van der Waals surface area (Å²) in [5, 5.41) is 9.32. The fraction of sp³-hybridized carbons (Fsp3) is 0.455. The van der Waals surface area contributed by atoms with Gasteiger partial charge in [-0.25, -0.2) is 9.59 Å². The lowest BCUT2D eigenvalue weighted by Crippen LogP contribution is -2.43. The number of rotatable bonds is 11. The summed E-state index contributed by atoms with van der Waals surface area (Å²) in [5.74, 6) is -1.48. The summed E-state index contributed by atoms with van der Waals surface area (Å²) in [4.78, 5) is 53.4. The first-order valence-electron chi connectivity index (χ1n) is 10.7. The third kappa shape index (κ3) is 6.22. The number of nitrogens with one attached hydrogen (secondary N) is 1. The Morgan fingerprint density at radius 2 is 1.75 bits per heavy atom. The number of phenolic OH excluding ortho intramolecular Hbond substituents is 1. The van der Waals surface area contributed by atoms with Gasteiger partial charge in [0.1, 0.15) is 11.6 Å². The molecule has 0 aliphatic carbocycles. The van der Waals surface area contributed by atoms with Crippen molar-refractivity contribution in [2.75, 3.05) is 23.8 Å². The van der Waals surface area contributed by atoms with E-state index in [0.717, 1.165) is 19.3 Å². The molecule has 2 aromatic rings. The van der Waals surface area contributed by atoms with Gasteiger partial charge in [0.05, 0.1) is 5.56 Å². The summed E-state index contributed by atoms with van der Waals surface area (Å²) in [6.07, 6.45) is 3.78. The maximum atomic E-state index is 13.0. The van der Waals surface area contributed by atoms with Crippen molar-refractivity contribution in [1.82, 2.24) is 9.55 Å². The first-order valence-corrected chi connectivity index (χ1v) is 10.7. The van der Waals surface area contributed by atoms with E-state index in [1.807, 2.05) is 13.8 Å². The van der Waals surface area contributed by atoms with E-state index in [1.54, 1.807) is 0 Å². The first kappa shape index (κ1) is 24.7. The third-order valence-electron chi connectivity index (χ3n) is 4.94. The molecule has 0 aliphatic rings. The highest BCUT2D eigenvalue weighted by molar-refractivity contribution is 5.98. The van der Waals surface area contributed by atoms with Gasteiger partial charge < -0.3 is 20.5 Å². The van der Waals surface area contributed by atoms with Crippen molar-refractivity contribution < 1.29 is 19.4 Å². The summed E-state index contributed by atoms with van der Waals surface area (Å²) < 4.78 is 6.34. The van der Waals surface area contributed by atoms with Gasteiger partial charge in [0.25, 0.3) is 11.5 Å². The minimum absolute atomic E-state index is 0.00683. The number of ether oxygens (including phenoxy) is 1. The highest BCUT2D eigenvalue weighted by Crippen LogP contribution is 2.19. The molecule has 0 fully saturated rings. The fourth-order valence-corrected chi connectivity index (χ4v) is 3.14. The van der Waals surface area contributed by atoms with E-state index >= 15 is 0 Å². The maximum absolute atomic E-state index is 13.0. The van der Waals surface area contributed by atoms with Crippen LogP contribution in [0.3, 0.4) is 0 Å². The van der Waals surface area contributed by atoms with E-state index in [0.29, 0.717) is 19.4 Å². The molecule has 0 radical (unpaired) electrons. The minimum atomic E-state index is -0.769. The maximum Gasteiger partial charge on any atom is 0.338 e. The van der Waals surface area contributed by atoms with Crippen LogP contribution in [0.4, 0.5) is 11.5 Å². The number of H-pyrrole nitrogens is 1. The molecule has 10 heteroatoms. The third-order valence-corrected chi connectivity index (χ3v) is 4.94. The predicted molar refractivity (Wildman–Crippen MR) is 121 cm³/mol. The number of nitrogen functional groups attached to an aromatic ring is 1. The number of carbonyl (C=O) groups excluding carboxylic acids is 2. The monoisotopic (exact) mass is 446 g/mol. The number of aromatic hydroxyl groups is 1. The molecule has 0 bridgehead atoms. The summed E-state index contributed by atoms with van der Waals surface area (Å²) in [5.41, 5.74) is 4.79. The Bertz CT molecular complexity index is 1040. The number of hydrogen-bond donors (Lipinski definition) is 3. The lowest BCUT2D eigenvalue weighted by Gasteiger charge is -2.24. The molecular formula is C22H30N4O6. The number of esters is 1. The summed E-state index contributed by atoms with van der Waals surface area (Å²) in [7, 11) is 0. The number of nitrogens with zero attached hydrogens (tertiary/aromatic N) is 2. The van der Waals surface area contributed by atoms with Gasteiger partial charge in [0.2, 0.25) is 0 Å². The minimum Gasteiger partial charge on any atom is -0.508 e. The van der Waals surface area contributed by atoms with Gasteiger partial charge in [-0.3, -0.25) is 19.1 Å². The van der Waals surface area contributed by atoms with Gasteiger partial charge in [0, 0.05) is 13.1 Å². The Balaban J connectivity index is 2.29. The molecule has 1 aromatic carbocycles. The summed E-state index contributed by atoms with van der Waals surface area (Å²) in [6.45, 7) is 3.83. The van der Waals surface area contributed by atoms with Crippen molar-refractivity contribution in [3.8, 4) is 5.75 Å². The van der Waals surface area contributed by atoms with Crippen molar-refractivity contribution in [3.63, 3.8) is 0 Å². The van der Waals surface area contributed by atoms with Crippen LogP contribution in [0.2, 0.25) is 0 Å². The molecule has 0 aliphatic heterocycles. The number of carbonyl (C=O) groups is 2. The SMILES string of the molecule is CCCCCN(C(=O)COC(=O)c1ccc(O)cc1)c1c(N)n(CCCC)c(=O)[nH]c1=O. The van der Waals surface area contributed by atoms with E-state index in [-0.39, 0.29) is 29.4 Å². The van der Waals surface area contributed by atoms with Crippen LogP contribution in [0.5, 0.6) is 5.75 Å². The van der Waals surface area contributed by atoms with Crippen molar-refractivity contribution in [3.05, 3.63) is 50.7 Å². The number of nitrogens with two attached hydrogens (primary N) is 1. The molecule has 32 heavy (non-hydrogen) atoms. The highest BCUT2D eigenvalue weighted by Gasteiger charge is 2.25. The van der Waals surface area contributed by atoms with Crippen LogP contribution in [0, 0.1) is 0 Å².